The van der Waals surface area contributed by atoms with Gasteiger partial charge in [-0.15, -0.1) is 0 Å². The van der Waals surface area contributed by atoms with E-state index < -0.39 is 5.97 Å². The van der Waals surface area contributed by atoms with Gasteiger partial charge in [0.15, 0.2) is 5.76 Å². The molecule has 5 rings (SSSR count). The van der Waals surface area contributed by atoms with E-state index in [9.17, 15) is 9.59 Å². The smallest absolute Gasteiger partial charge is 0.343 e. The summed E-state index contributed by atoms with van der Waals surface area (Å²) in [5, 5.41) is 1.47. The Morgan fingerprint density at radius 1 is 1.06 bits per heavy atom. The molecule has 0 saturated carbocycles. The van der Waals surface area contributed by atoms with Gasteiger partial charge in [0.05, 0.1) is 11.1 Å². The Bertz CT molecular complexity index is 1400. The van der Waals surface area contributed by atoms with E-state index in [1.165, 1.54) is 6.07 Å². The molecule has 31 heavy (non-hydrogen) atoms. The van der Waals surface area contributed by atoms with Crippen molar-refractivity contribution in [3.05, 3.63) is 100 Å². The fourth-order valence-corrected chi connectivity index (χ4v) is 3.83. The molecule has 152 valence electrons. The standard InChI is InChI=1S/C25H16ClNO4/c1-27-14-16(19-7-2-3-8-21(19)27)12-23-24(28)20-10-9-18(13-22(20)31-23)30-25(29)15-5-4-6-17(26)11-15/h2-14H,1H3/b23-12-. The molecule has 5 nitrogen and oxygen atoms in total. The number of esters is 1. The molecule has 6 heteroatoms. The summed E-state index contributed by atoms with van der Waals surface area (Å²) in [6.45, 7) is 0. The lowest BCUT2D eigenvalue weighted by atomic mass is 10.1. The quantitative estimate of drug-likeness (QED) is 0.239. The third-order valence-electron chi connectivity index (χ3n) is 5.13. The van der Waals surface area contributed by atoms with Crippen molar-refractivity contribution in [1.29, 1.82) is 0 Å². The Labute approximate surface area is 183 Å². The van der Waals surface area contributed by atoms with E-state index in [-0.39, 0.29) is 17.3 Å². The number of carbonyl (C=O) groups is 2. The Hall–Kier alpha value is -3.83. The lowest BCUT2D eigenvalue weighted by molar-refractivity contribution is 0.0734. The fourth-order valence-electron chi connectivity index (χ4n) is 3.64. The molecule has 0 bridgehead atoms. The highest BCUT2D eigenvalue weighted by Gasteiger charge is 2.28. The number of nitrogens with zero attached hydrogens (tertiary/aromatic N) is 1. The fraction of sp³-hybridized carbons (Fsp3) is 0.0400. The summed E-state index contributed by atoms with van der Waals surface area (Å²) < 4.78 is 13.2. The number of fused-ring (bicyclic) bond motifs is 2. The molecule has 0 spiro atoms. The van der Waals surface area contributed by atoms with Crippen molar-refractivity contribution in [2.24, 2.45) is 7.05 Å². The molecule has 1 aliphatic rings. The molecule has 0 fully saturated rings. The summed E-state index contributed by atoms with van der Waals surface area (Å²) in [4.78, 5) is 25.2. The van der Waals surface area contributed by atoms with Crippen LogP contribution in [0.25, 0.3) is 17.0 Å². The average Bonchev–Trinajstić information content (AvgIpc) is 3.25. The zero-order valence-corrected chi connectivity index (χ0v) is 17.2. The number of aromatic nitrogens is 1. The molecule has 1 aromatic heterocycles. The summed E-state index contributed by atoms with van der Waals surface area (Å²) >= 11 is 5.93. The second kappa shape index (κ2) is 7.45. The first-order valence-corrected chi connectivity index (χ1v) is 9.97. The van der Waals surface area contributed by atoms with Gasteiger partial charge >= 0.3 is 5.97 Å². The zero-order valence-electron chi connectivity index (χ0n) is 16.5. The lowest BCUT2D eigenvalue weighted by Gasteiger charge is -2.06. The summed E-state index contributed by atoms with van der Waals surface area (Å²) in [7, 11) is 1.96. The molecule has 0 aliphatic carbocycles. The van der Waals surface area contributed by atoms with Crippen LogP contribution in [0.4, 0.5) is 0 Å². The van der Waals surface area contributed by atoms with Crippen LogP contribution in [0.2, 0.25) is 5.02 Å². The molecule has 0 N–H and O–H groups in total. The average molecular weight is 430 g/mol. The number of aryl methyl sites for hydroxylation is 1. The normalized spacial score (nSPS) is 14.0. The lowest BCUT2D eigenvalue weighted by Crippen LogP contribution is -2.08. The molecule has 0 saturated heterocycles. The zero-order chi connectivity index (χ0) is 21.5. The van der Waals surface area contributed by atoms with Crippen molar-refractivity contribution in [1.82, 2.24) is 4.57 Å². The molecule has 1 aliphatic heterocycles. The van der Waals surface area contributed by atoms with Crippen LogP contribution in [0.5, 0.6) is 11.5 Å². The van der Waals surface area contributed by atoms with Crippen LogP contribution in [0.1, 0.15) is 26.3 Å². The summed E-state index contributed by atoms with van der Waals surface area (Å²) in [6.07, 6.45) is 3.69. The highest BCUT2D eigenvalue weighted by Crippen LogP contribution is 2.36. The number of rotatable bonds is 3. The van der Waals surface area contributed by atoms with E-state index in [4.69, 9.17) is 21.1 Å². The molecule has 3 aromatic carbocycles. The van der Waals surface area contributed by atoms with Gasteiger partial charge in [-0.25, -0.2) is 4.79 Å². The number of para-hydroxylation sites is 1. The van der Waals surface area contributed by atoms with Gasteiger partial charge in [-0.1, -0.05) is 35.9 Å². The van der Waals surface area contributed by atoms with Crippen LogP contribution in [0.3, 0.4) is 0 Å². The number of ketones is 1. The Kier molecular flexibility index (Phi) is 4.60. The van der Waals surface area contributed by atoms with E-state index in [1.54, 1.807) is 42.5 Å². The predicted octanol–water partition coefficient (Wildman–Crippen LogP) is 5.67. The Balaban J connectivity index is 1.42. The second-order valence-electron chi connectivity index (χ2n) is 7.21. The minimum atomic E-state index is -0.543. The molecular formula is C25H16ClNO4. The number of carbonyl (C=O) groups excluding carboxylic acids is 2. The molecule has 0 atom stereocenters. The maximum Gasteiger partial charge on any atom is 0.343 e. The van der Waals surface area contributed by atoms with E-state index in [0.29, 0.717) is 21.9 Å². The van der Waals surface area contributed by atoms with E-state index in [1.807, 2.05) is 42.1 Å². The largest absolute Gasteiger partial charge is 0.452 e. The summed E-state index contributed by atoms with van der Waals surface area (Å²) in [5.41, 5.74) is 2.71. The third-order valence-corrected chi connectivity index (χ3v) is 5.36. The second-order valence-corrected chi connectivity index (χ2v) is 7.65. The van der Waals surface area contributed by atoms with Crippen molar-refractivity contribution in [2.75, 3.05) is 0 Å². The number of halogens is 1. The topological polar surface area (TPSA) is 57.5 Å². The summed E-state index contributed by atoms with van der Waals surface area (Å²) in [5.74, 6) is 0.106. The molecule has 0 amide bonds. The van der Waals surface area contributed by atoms with Crippen LogP contribution in [0.15, 0.2) is 78.7 Å². The van der Waals surface area contributed by atoms with Crippen molar-refractivity contribution >= 4 is 40.3 Å². The van der Waals surface area contributed by atoms with Gasteiger partial charge in [-0.05, 0) is 42.5 Å². The van der Waals surface area contributed by atoms with E-state index >= 15 is 0 Å². The molecule has 2 heterocycles. The Morgan fingerprint density at radius 3 is 2.74 bits per heavy atom. The SMILES string of the molecule is Cn1cc(/C=C2\Oc3cc(OC(=O)c4cccc(Cl)c4)ccc3C2=O)c2ccccc21. The number of hydrogen-bond donors (Lipinski definition) is 0. The van der Waals surface area contributed by atoms with Crippen molar-refractivity contribution in [2.45, 2.75) is 0 Å². The highest BCUT2D eigenvalue weighted by molar-refractivity contribution is 6.30. The Morgan fingerprint density at radius 2 is 1.90 bits per heavy atom. The van der Waals surface area contributed by atoms with Crippen LogP contribution >= 0.6 is 11.6 Å². The molecule has 4 aromatic rings. The highest BCUT2D eigenvalue weighted by atomic mass is 35.5. The molecule has 0 unspecified atom stereocenters. The predicted molar refractivity (Wildman–Crippen MR) is 119 cm³/mol. The van der Waals surface area contributed by atoms with Crippen LogP contribution in [0, 0.1) is 0 Å². The number of ether oxygens (including phenoxy) is 2. The monoisotopic (exact) mass is 429 g/mol. The first kappa shape index (κ1) is 19.2. The third kappa shape index (κ3) is 3.49. The van der Waals surface area contributed by atoms with Crippen molar-refractivity contribution in [3.8, 4) is 11.5 Å². The molecular weight excluding hydrogens is 414 g/mol. The minimum absolute atomic E-state index is 0.212. The van der Waals surface area contributed by atoms with E-state index in [2.05, 4.69) is 0 Å². The van der Waals surface area contributed by atoms with Crippen LogP contribution < -0.4 is 9.47 Å². The van der Waals surface area contributed by atoms with E-state index in [0.717, 1.165) is 16.5 Å². The minimum Gasteiger partial charge on any atom is -0.452 e. The number of allylic oxidation sites excluding steroid dienone is 1. The van der Waals surface area contributed by atoms with Crippen molar-refractivity contribution in [3.63, 3.8) is 0 Å². The number of benzene rings is 3. The summed E-state index contributed by atoms with van der Waals surface area (Å²) in [6, 6.07) is 19.2. The van der Waals surface area contributed by atoms with Gasteiger partial charge in [0.25, 0.3) is 0 Å². The van der Waals surface area contributed by atoms with Gasteiger partial charge in [0, 0.05) is 40.8 Å². The van der Waals surface area contributed by atoms with Gasteiger partial charge < -0.3 is 14.0 Å². The van der Waals surface area contributed by atoms with Gasteiger partial charge in [-0.3, -0.25) is 4.79 Å². The first-order chi connectivity index (χ1) is 15.0. The first-order valence-electron chi connectivity index (χ1n) is 9.60. The number of hydrogen-bond acceptors (Lipinski definition) is 4. The van der Waals surface area contributed by atoms with Gasteiger partial charge in [-0.2, -0.15) is 0 Å². The maximum absolute atomic E-state index is 12.8. The van der Waals surface area contributed by atoms with Gasteiger partial charge in [0.1, 0.15) is 11.5 Å². The number of Topliss-reactive ketones (excluding diaryl/α,β-unsaturated/α-hetero) is 1. The van der Waals surface area contributed by atoms with Crippen LogP contribution in [-0.4, -0.2) is 16.3 Å². The molecule has 0 radical (unpaired) electrons. The van der Waals surface area contributed by atoms with Gasteiger partial charge in [0.2, 0.25) is 5.78 Å². The van der Waals surface area contributed by atoms with Crippen LogP contribution in [-0.2, 0) is 7.05 Å². The van der Waals surface area contributed by atoms with Crippen molar-refractivity contribution < 1.29 is 19.1 Å². The maximum atomic E-state index is 12.8.